The van der Waals surface area contributed by atoms with E-state index < -0.39 is 0 Å². The summed E-state index contributed by atoms with van der Waals surface area (Å²) in [7, 11) is 0. The summed E-state index contributed by atoms with van der Waals surface area (Å²) in [5.74, 6) is 1.63. The lowest BCUT2D eigenvalue weighted by molar-refractivity contribution is 0.480. The van der Waals surface area contributed by atoms with Crippen molar-refractivity contribution in [3.8, 4) is 11.5 Å². The molecule has 0 radical (unpaired) electrons. The highest BCUT2D eigenvalue weighted by Crippen LogP contribution is 2.37. The van der Waals surface area contributed by atoms with Gasteiger partial charge in [-0.25, -0.2) is 0 Å². The molecule has 2 aromatic carbocycles. The lowest BCUT2D eigenvalue weighted by Gasteiger charge is -2.10. The number of rotatable bonds is 3. The van der Waals surface area contributed by atoms with Gasteiger partial charge >= 0.3 is 0 Å². The zero-order valence-corrected chi connectivity index (χ0v) is 12.9. The van der Waals surface area contributed by atoms with Crippen LogP contribution in [0.4, 0.5) is 0 Å². The Morgan fingerprint density at radius 2 is 1.83 bits per heavy atom. The Bertz CT molecular complexity index is 572. The van der Waals surface area contributed by atoms with Crippen molar-refractivity contribution in [2.24, 2.45) is 0 Å². The van der Waals surface area contributed by atoms with E-state index in [2.05, 4.69) is 15.9 Å². The van der Waals surface area contributed by atoms with Crippen LogP contribution < -0.4 is 4.74 Å². The van der Waals surface area contributed by atoms with Gasteiger partial charge in [-0.2, -0.15) is 0 Å². The van der Waals surface area contributed by atoms with E-state index in [9.17, 15) is 0 Å². The van der Waals surface area contributed by atoms with E-state index in [1.807, 2.05) is 18.2 Å². The van der Waals surface area contributed by atoms with Crippen LogP contribution in [0.25, 0.3) is 0 Å². The van der Waals surface area contributed by atoms with Gasteiger partial charge in [0.1, 0.15) is 16.5 Å². The van der Waals surface area contributed by atoms with E-state index in [1.54, 1.807) is 18.2 Å². The van der Waals surface area contributed by atoms with Gasteiger partial charge in [0.2, 0.25) is 0 Å². The van der Waals surface area contributed by atoms with E-state index in [-0.39, 0.29) is 0 Å². The number of benzene rings is 2. The van der Waals surface area contributed by atoms with Crippen molar-refractivity contribution in [2.45, 2.75) is 5.88 Å². The van der Waals surface area contributed by atoms with Crippen LogP contribution in [0.15, 0.2) is 40.9 Å². The molecule has 0 aliphatic carbocycles. The molecule has 0 amide bonds. The fourth-order valence-electron chi connectivity index (χ4n) is 1.39. The first-order valence-corrected chi connectivity index (χ1v) is 7.16. The molecule has 0 saturated carbocycles. The van der Waals surface area contributed by atoms with Gasteiger partial charge in [-0.1, -0.05) is 35.3 Å². The molecule has 2 rings (SSSR count). The SMILES string of the molecule is ClCc1ccc(Oc2cccc(Cl)c2Cl)c(Br)c1. The van der Waals surface area contributed by atoms with E-state index >= 15 is 0 Å². The molecule has 2 aromatic rings. The van der Waals surface area contributed by atoms with Crippen molar-refractivity contribution in [2.75, 3.05) is 0 Å². The third-order valence-electron chi connectivity index (χ3n) is 2.29. The van der Waals surface area contributed by atoms with Gasteiger partial charge in [-0.15, -0.1) is 11.6 Å². The predicted molar refractivity (Wildman–Crippen MR) is 80.2 cm³/mol. The summed E-state index contributed by atoms with van der Waals surface area (Å²) in [6.45, 7) is 0. The Morgan fingerprint density at radius 3 is 2.50 bits per heavy atom. The van der Waals surface area contributed by atoms with Gasteiger partial charge in [-0.3, -0.25) is 0 Å². The Kier molecular flexibility index (Phi) is 4.79. The van der Waals surface area contributed by atoms with Gasteiger partial charge in [0.25, 0.3) is 0 Å². The minimum Gasteiger partial charge on any atom is -0.455 e. The second kappa shape index (κ2) is 6.16. The molecule has 0 unspecified atom stereocenters. The molecular formula is C13H8BrCl3O. The largest absolute Gasteiger partial charge is 0.455 e. The van der Waals surface area contributed by atoms with Crippen LogP contribution in [0.5, 0.6) is 11.5 Å². The predicted octanol–water partition coefficient (Wildman–Crippen LogP) is 6.29. The topological polar surface area (TPSA) is 9.23 Å². The normalized spacial score (nSPS) is 10.4. The van der Waals surface area contributed by atoms with Crippen LogP contribution in [-0.2, 0) is 5.88 Å². The zero-order chi connectivity index (χ0) is 13.1. The van der Waals surface area contributed by atoms with Crippen LogP contribution in [0.1, 0.15) is 5.56 Å². The van der Waals surface area contributed by atoms with Crippen LogP contribution in [0.2, 0.25) is 10.0 Å². The minimum absolute atomic E-state index is 0.396. The fourth-order valence-corrected chi connectivity index (χ4v) is 2.40. The maximum absolute atomic E-state index is 6.06. The van der Waals surface area contributed by atoms with Crippen LogP contribution in [0.3, 0.4) is 0 Å². The van der Waals surface area contributed by atoms with Crippen molar-refractivity contribution in [1.82, 2.24) is 0 Å². The Balaban J connectivity index is 2.31. The molecule has 0 saturated heterocycles. The molecule has 0 N–H and O–H groups in total. The first-order valence-electron chi connectivity index (χ1n) is 5.08. The maximum Gasteiger partial charge on any atom is 0.147 e. The second-order valence-electron chi connectivity index (χ2n) is 3.55. The zero-order valence-electron chi connectivity index (χ0n) is 9.09. The summed E-state index contributed by atoms with van der Waals surface area (Å²) in [5, 5.41) is 0.857. The molecule has 0 aliphatic rings. The lowest BCUT2D eigenvalue weighted by Crippen LogP contribution is -1.88. The summed E-state index contributed by atoms with van der Waals surface area (Å²) in [5.41, 5.74) is 1.01. The highest BCUT2D eigenvalue weighted by molar-refractivity contribution is 9.10. The van der Waals surface area contributed by atoms with Gasteiger partial charge in [0.05, 0.1) is 9.50 Å². The molecule has 0 atom stereocenters. The molecule has 1 nitrogen and oxygen atoms in total. The van der Waals surface area contributed by atoms with E-state index in [0.717, 1.165) is 10.0 Å². The minimum atomic E-state index is 0.396. The summed E-state index contributed by atoms with van der Waals surface area (Å²) in [4.78, 5) is 0. The Hall–Kier alpha value is -0.410. The first-order chi connectivity index (χ1) is 8.61. The highest BCUT2D eigenvalue weighted by Gasteiger charge is 2.09. The molecule has 5 heteroatoms. The molecule has 0 aromatic heterocycles. The molecular weight excluding hydrogens is 358 g/mol. The summed E-state index contributed by atoms with van der Waals surface area (Å²) in [6, 6.07) is 10.9. The van der Waals surface area contributed by atoms with Crippen molar-refractivity contribution in [3.05, 3.63) is 56.5 Å². The molecule has 0 fully saturated rings. The summed E-state index contributed by atoms with van der Waals surface area (Å²) < 4.78 is 6.53. The number of hydrogen-bond acceptors (Lipinski definition) is 1. The highest BCUT2D eigenvalue weighted by atomic mass is 79.9. The smallest absolute Gasteiger partial charge is 0.147 e. The summed E-state index contributed by atoms with van der Waals surface area (Å²) >= 11 is 21.2. The third-order valence-corrected chi connectivity index (χ3v) is 4.02. The molecule has 18 heavy (non-hydrogen) atoms. The Morgan fingerprint density at radius 1 is 1.06 bits per heavy atom. The maximum atomic E-state index is 6.06. The van der Waals surface area contributed by atoms with Crippen LogP contribution in [-0.4, -0.2) is 0 Å². The molecule has 0 bridgehead atoms. The van der Waals surface area contributed by atoms with Crippen molar-refractivity contribution < 1.29 is 4.74 Å². The quantitative estimate of drug-likeness (QED) is 0.580. The first kappa shape index (κ1) is 14.0. The van der Waals surface area contributed by atoms with Crippen molar-refractivity contribution >= 4 is 50.7 Å². The molecule has 0 aliphatic heterocycles. The lowest BCUT2D eigenvalue weighted by atomic mass is 10.2. The Labute approximate surface area is 129 Å². The molecule has 0 heterocycles. The number of hydrogen-bond donors (Lipinski definition) is 0. The van der Waals surface area contributed by atoms with Crippen LogP contribution in [0, 0.1) is 0 Å². The second-order valence-corrected chi connectivity index (χ2v) is 5.46. The summed E-state index contributed by atoms with van der Waals surface area (Å²) in [6.07, 6.45) is 0. The van der Waals surface area contributed by atoms with E-state index in [1.165, 1.54) is 0 Å². The third kappa shape index (κ3) is 3.12. The van der Waals surface area contributed by atoms with Gasteiger partial charge in [0.15, 0.2) is 0 Å². The standard InChI is InChI=1S/C13H8BrCl3O/c14-9-6-8(7-15)4-5-11(9)18-12-3-1-2-10(16)13(12)17/h1-6H,7H2. The van der Waals surface area contributed by atoms with E-state index in [0.29, 0.717) is 27.4 Å². The molecule has 0 spiro atoms. The number of halogens is 4. The van der Waals surface area contributed by atoms with Gasteiger partial charge in [-0.05, 0) is 45.8 Å². The monoisotopic (exact) mass is 364 g/mol. The molecule has 94 valence electrons. The van der Waals surface area contributed by atoms with Crippen molar-refractivity contribution in [3.63, 3.8) is 0 Å². The average Bonchev–Trinajstić information content (AvgIpc) is 2.37. The average molecular weight is 366 g/mol. The van der Waals surface area contributed by atoms with Crippen LogP contribution >= 0.6 is 50.7 Å². The number of alkyl halides is 1. The fraction of sp³-hybridized carbons (Fsp3) is 0.0769. The van der Waals surface area contributed by atoms with E-state index in [4.69, 9.17) is 39.5 Å². The van der Waals surface area contributed by atoms with Gasteiger partial charge < -0.3 is 4.74 Å². The number of ether oxygens (including phenoxy) is 1. The van der Waals surface area contributed by atoms with Crippen molar-refractivity contribution in [1.29, 1.82) is 0 Å². The van der Waals surface area contributed by atoms with Gasteiger partial charge in [0, 0.05) is 5.88 Å².